The molecule has 1 aliphatic carbocycles. The first-order chi connectivity index (χ1) is 9.04. The van der Waals surface area contributed by atoms with Crippen LogP contribution in [0.3, 0.4) is 0 Å². The summed E-state index contributed by atoms with van der Waals surface area (Å²) in [5.41, 5.74) is 0. The third kappa shape index (κ3) is 5.49. The highest BCUT2D eigenvalue weighted by Gasteiger charge is 2.30. The molecule has 1 fully saturated rings. The summed E-state index contributed by atoms with van der Waals surface area (Å²) < 4.78 is 0. The smallest absolute Gasteiger partial charge is 0.314 e. The Kier molecular flexibility index (Phi) is 6.67. The Labute approximate surface area is 115 Å². The zero-order valence-electron chi connectivity index (χ0n) is 11.9. The summed E-state index contributed by atoms with van der Waals surface area (Å²) in [5.74, 6) is -0.497. The maximum Gasteiger partial charge on any atom is 0.314 e. The summed E-state index contributed by atoms with van der Waals surface area (Å²) in [6, 6.07) is -0.185. The van der Waals surface area contributed by atoms with Gasteiger partial charge in [-0.1, -0.05) is 33.1 Å². The third-order valence-electron chi connectivity index (χ3n) is 4.06. The Morgan fingerprint density at radius 1 is 1.26 bits per heavy atom. The van der Waals surface area contributed by atoms with Gasteiger partial charge in [-0.2, -0.15) is 0 Å². The van der Waals surface area contributed by atoms with Crippen LogP contribution in [-0.4, -0.2) is 30.2 Å². The summed E-state index contributed by atoms with van der Waals surface area (Å²) in [5, 5.41) is 14.8. The number of carbonyl (C=O) groups excluding carboxylic acids is 1. The Balaban J connectivity index is 2.29. The van der Waals surface area contributed by atoms with Crippen molar-refractivity contribution >= 4 is 12.0 Å². The van der Waals surface area contributed by atoms with Gasteiger partial charge in [0, 0.05) is 13.1 Å². The van der Waals surface area contributed by atoms with E-state index in [1.807, 2.05) is 0 Å². The molecule has 1 rings (SSSR count). The van der Waals surface area contributed by atoms with Gasteiger partial charge in [-0.3, -0.25) is 4.79 Å². The van der Waals surface area contributed by atoms with Crippen LogP contribution in [0.15, 0.2) is 0 Å². The second-order valence-corrected chi connectivity index (χ2v) is 5.59. The van der Waals surface area contributed by atoms with Crippen LogP contribution in [0.4, 0.5) is 4.79 Å². The third-order valence-corrected chi connectivity index (χ3v) is 4.06. The molecule has 0 aliphatic heterocycles. The number of carbonyl (C=O) groups is 2. The van der Waals surface area contributed by atoms with Gasteiger partial charge < -0.3 is 15.7 Å². The largest absolute Gasteiger partial charge is 0.481 e. The van der Waals surface area contributed by atoms with Gasteiger partial charge in [0.05, 0.1) is 5.92 Å². The van der Waals surface area contributed by atoms with Crippen molar-refractivity contribution in [2.24, 2.45) is 17.8 Å². The first-order valence-electron chi connectivity index (χ1n) is 7.29. The first-order valence-corrected chi connectivity index (χ1v) is 7.29. The van der Waals surface area contributed by atoms with Crippen LogP contribution in [0, 0.1) is 17.8 Å². The SMILES string of the molecule is CCC(C)CNC(=O)NCC1CCCCC1C(=O)O. The maximum absolute atomic E-state index is 11.6. The van der Waals surface area contributed by atoms with E-state index >= 15 is 0 Å². The topological polar surface area (TPSA) is 78.4 Å². The van der Waals surface area contributed by atoms with E-state index in [4.69, 9.17) is 5.11 Å². The number of urea groups is 1. The molecule has 5 nitrogen and oxygen atoms in total. The fourth-order valence-electron chi connectivity index (χ4n) is 2.47. The average Bonchev–Trinajstić information content (AvgIpc) is 2.42. The molecule has 0 bridgehead atoms. The number of hydrogen-bond acceptors (Lipinski definition) is 2. The van der Waals surface area contributed by atoms with Gasteiger partial charge in [0.25, 0.3) is 0 Å². The summed E-state index contributed by atoms with van der Waals surface area (Å²) >= 11 is 0. The fraction of sp³-hybridized carbons (Fsp3) is 0.857. The van der Waals surface area contributed by atoms with E-state index in [2.05, 4.69) is 24.5 Å². The standard InChI is InChI=1S/C14H26N2O3/c1-3-10(2)8-15-14(19)16-9-11-6-4-5-7-12(11)13(17)18/h10-12H,3-9H2,1-2H3,(H,17,18)(H2,15,16,19). The predicted octanol–water partition coefficient (Wildman–Crippen LogP) is 2.22. The van der Waals surface area contributed by atoms with Crippen molar-refractivity contribution in [2.45, 2.75) is 46.0 Å². The Morgan fingerprint density at radius 2 is 1.95 bits per heavy atom. The molecule has 0 aromatic rings. The van der Waals surface area contributed by atoms with Gasteiger partial charge >= 0.3 is 12.0 Å². The molecule has 0 aromatic heterocycles. The van der Waals surface area contributed by atoms with Crippen LogP contribution in [0.1, 0.15) is 46.0 Å². The lowest BCUT2D eigenvalue weighted by Gasteiger charge is -2.28. The minimum Gasteiger partial charge on any atom is -0.481 e. The lowest BCUT2D eigenvalue weighted by molar-refractivity contribution is -0.144. The van der Waals surface area contributed by atoms with E-state index in [0.29, 0.717) is 19.0 Å². The molecule has 19 heavy (non-hydrogen) atoms. The highest BCUT2D eigenvalue weighted by molar-refractivity contribution is 5.74. The average molecular weight is 270 g/mol. The normalized spacial score (nSPS) is 24.5. The van der Waals surface area contributed by atoms with Gasteiger partial charge in [-0.25, -0.2) is 4.79 Å². The molecule has 3 N–H and O–H groups in total. The second-order valence-electron chi connectivity index (χ2n) is 5.59. The number of carboxylic acids is 1. The van der Waals surface area contributed by atoms with Gasteiger partial charge in [0.2, 0.25) is 0 Å². The molecule has 0 aromatic carbocycles. The number of nitrogens with one attached hydrogen (secondary N) is 2. The van der Waals surface area contributed by atoms with Crippen molar-refractivity contribution in [1.29, 1.82) is 0 Å². The van der Waals surface area contributed by atoms with E-state index in [1.54, 1.807) is 0 Å². The summed E-state index contributed by atoms with van der Waals surface area (Å²) in [4.78, 5) is 22.7. The lowest BCUT2D eigenvalue weighted by atomic mass is 9.79. The van der Waals surface area contributed by atoms with E-state index in [-0.39, 0.29) is 17.9 Å². The zero-order valence-corrected chi connectivity index (χ0v) is 11.9. The van der Waals surface area contributed by atoms with Crippen molar-refractivity contribution in [1.82, 2.24) is 10.6 Å². The van der Waals surface area contributed by atoms with Crippen LogP contribution in [0.25, 0.3) is 0 Å². The molecule has 0 spiro atoms. The van der Waals surface area contributed by atoms with Gasteiger partial charge in [0.1, 0.15) is 0 Å². The van der Waals surface area contributed by atoms with E-state index in [9.17, 15) is 9.59 Å². The summed E-state index contributed by atoms with van der Waals surface area (Å²) in [6.45, 7) is 5.30. The predicted molar refractivity (Wildman–Crippen MR) is 73.9 cm³/mol. The van der Waals surface area contributed by atoms with Crippen molar-refractivity contribution in [2.75, 3.05) is 13.1 Å². The van der Waals surface area contributed by atoms with Crippen LogP contribution < -0.4 is 10.6 Å². The number of aliphatic carboxylic acids is 1. The number of rotatable bonds is 6. The first kappa shape index (κ1) is 15.8. The molecule has 5 heteroatoms. The van der Waals surface area contributed by atoms with Crippen molar-refractivity contribution in [3.63, 3.8) is 0 Å². The van der Waals surface area contributed by atoms with Crippen LogP contribution in [0.5, 0.6) is 0 Å². The monoisotopic (exact) mass is 270 g/mol. The number of carboxylic acid groups (broad SMARTS) is 1. The molecular weight excluding hydrogens is 244 g/mol. The molecule has 1 aliphatic rings. The minimum absolute atomic E-state index is 0.0700. The molecule has 0 saturated heterocycles. The molecule has 110 valence electrons. The summed E-state index contributed by atoms with van der Waals surface area (Å²) in [7, 11) is 0. The lowest BCUT2D eigenvalue weighted by Crippen LogP contribution is -2.42. The van der Waals surface area contributed by atoms with Gasteiger partial charge in [0.15, 0.2) is 0 Å². The molecule has 3 atom stereocenters. The zero-order chi connectivity index (χ0) is 14.3. The van der Waals surface area contributed by atoms with Crippen molar-refractivity contribution in [3.05, 3.63) is 0 Å². The Bertz CT molecular complexity index is 307. The number of amides is 2. The van der Waals surface area contributed by atoms with E-state index in [1.165, 1.54) is 0 Å². The molecular formula is C14H26N2O3. The summed E-state index contributed by atoms with van der Waals surface area (Å²) in [6.07, 6.45) is 4.70. The quantitative estimate of drug-likeness (QED) is 0.692. The van der Waals surface area contributed by atoms with Crippen LogP contribution in [-0.2, 0) is 4.79 Å². The van der Waals surface area contributed by atoms with Crippen molar-refractivity contribution < 1.29 is 14.7 Å². The van der Waals surface area contributed by atoms with E-state index in [0.717, 1.165) is 32.1 Å². The Hall–Kier alpha value is -1.26. The highest BCUT2D eigenvalue weighted by atomic mass is 16.4. The molecule has 1 saturated carbocycles. The molecule has 3 unspecified atom stereocenters. The van der Waals surface area contributed by atoms with Gasteiger partial charge in [-0.15, -0.1) is 0 Å². The van der Waals surface area contributed by atoms with E-state index < -0.39 is 5.97 Å². The van der Waals surface area contributed by atoms with Crippen LogP contribution in [0.2, 0.25) is 0 Å². The molecule has 0 heterocycles. The second kappa shape index (κ2) is 8.02. The maximum atomic E-state index is 11.6. The molecule has 2 amide bonds. The van der Waals surface area contributed by atoms with Gasteiger partial charge in [-0.05, 0) is 24.7 Å². The fourth-order valence-corrected chi connectivity index (χ4v) is 2.47. The Morgan fingerprint density at radius 3 is 2.58 bits per heavy atom. The molecule has 0 radical (unpaired) electrons. The minimum atomic E-state index is -0.730. The number of hydrogen-bond donors (Lipinski definition) is 3. The highest BCUT2D eigenvalue weighted by Crippen LogP contribution is 2.29. The van der Waals surface area contributed by atoms with Crippen LogP contribution >= 0.6 is 0 Å². The van der Waals surface area contributed by atoms with Crippen molar-refractivity contribution in [3.8, 4) is 0 Å².